The van der Waals surface area contributed by atoms with Crippen molar-refractivity contribution in [2.24, 2.45) is 0 Å². The molecule has 0 saturated carbocycles. The monoisotopic (exact) mass is 395 g/mol. The molecular weight excluding hydrogens is 381 g/mol. The van der Waals surface area contributed by atoms with Crippen molar-refractivity contribution >= 4 is 50.5 Å². The maximum Gasteiger partial charge on any atom is 0.263 e. The van der Waals surface area contributed by atoms with Gasteiger partial charge in [0.05, 0.1) is 23.9 Å². The smallest absolute Gasteiger partial charge is 0.263 e. The molecule has 130 valence electrons. The third-order valence-electron chi connectivity index (χ3n) is 3.76. The minimum Gasteiger partial charge on any atom is -0.496 e. The van der Waals surface area contributed by atoms with E-state index in [4.69, 9.17) is 32.7 Å². The number of ether oxygens (including phenoxy) is 2. The summed E-state index contributed by atoms with van der Waals surface area (Å²) in [5.74, 6) is 1.01. The molecule has 1 heterocycles. The Bertz CT molecular complexity index is 939. The molecule has 25 heavy (non-hydrogen) atoms. The molecule has 4 nitrogen and oxygen atoms in total. The van der Waals surface area contributed by atoms with Crippen molar-refractivity contribution in [1.82, 2.24) is 5.32 Å². The van der Waals surface area contributed by atoms with Crippen LogP contribution in [0.1, 0.15) is 15.2 Å². The number of methoxy groups -OCH3 is 2. The van der Waals surface area contributed by atoms with E-state index in [1.807, 2.05) is 24.3 Å². The van der Waals surface area contributed by atoms with Crippen LogP contribution in [0.3, 0.4) is 0 Å². The second kappa shape index (κ2) is 7.52. The van der Waals surface area contributed by atoms with Crippen LogP contribution in [0, 0.1) is 0 Å². The number of rotatable bonds is 5. The number of fused-ring (bicyclic) bond motifs is 1. The number of hydrogen-bond donors (Lipinski definition) is 1. The van der Waals surface area contributed by atoms with Crippen molar-refractivity contribution < 1.29 is 14.3 Å². The summed E-state index contributed by atoms with van der Waals surface area (Å²) in [5, 5.41) is 4.45. The predicted molar refractivity (Wildman–Crippen MR) is 103 cm³/mol. The van der Waals surface area contributed by atoms with Crippen LogP contribution in [0.4, 0.5) is 0 Å². The Balaban J connectivity index is 1.87. The van der Waals surface area contributed by atoms with E-state index in [9.17, 15) is 4.79 Å². The maximum atomic E-state index is 12.6. The fraction of sp³-hybridized carbons (Fsp3) is 0.167. The molecule has 0 fully saturated rings. The van der Waals surface area contributed by atoms with Gasteiger partial charge in [0.2, 0.25) is 0 Å². The Labute approximate surface area is 159 Å². The average Bonchev–Trinajstić information content (AvgIpc) is 2.98. The molecule has 0 saturated heterocycles. The molecule has 0 radical (unpaired) electrons. The van der Waals surface area contributed by atoms with Gasteiger partial charge in [0.1, 0.15) is 21.4 Å². The van der Waals surface area contributed by atoms with Gasteiger partial charge in [0.15, 0.2) is 0 Å². The van der Waals surface area contributed by atoms with Gasteiger partial charge in [0, 0.05) is 17.5 Å². The Morgan fingerprint density at radius 2 is 1.76 bits per heavy atom. The summed E-state index contributed by atoms with van der Waals surface area (Å²) < 4.78 is 11.2. The maximum absolute atomic E-state index is 12.6. The third-order valence-corrected chi connectivity index (χ3v) is 5.97. The number of carbonyl (C=O) groups is 1. The standard InChI is InChI=1S/C18H15Cl2NO3S/c1-23-12-6-4-3-5-10(12)9-21-18(22)17-14(19)11-7-8-13(24-2)15(20)16(11)25-17/h3-8H,9H2,1-2H3,(H,21,22). The largest absolute Gasteiger partial charge is 0.496 e. The molecule has 1 N–H and O–H groups in total. The number of benzene rings is 2. The van der Waals surface area contributed by atoms with Gasteiger partial charge in [0.25, 0.3) is 5.91 Å². The molecule has 3 aromatic rings. The topological polar surface area (TPSA) is 47.6 Å². The fourth-order valence-corrected chi connectivity index (χ4v) is 4.30. The van der Waals surface area contributed by atoms with Crippen LogP contribution in [0.25, 0.3) is 10.1 Å². The van der Waals surface area contributed by atoms with Crippen LogP contribution in [-0.4, -0.2) is 20.1 Å². The highest BCUT2D eigenvalue weighted by Gasteiger charge is 2.20. The molecule has 1 amide bonds. The second-order valence-electron chi connectivity index (χ2n) is 5.20. The Kier molecular flexibility index (Phi) is 5.37. The molecule has 0 spiro atoms. The van der Waals surface area contributed by atoms with Crippen molar-refractivity contribution in [2.75, 3.05) is 14.2 Å². The Morgan fingerprint density at radius 3 is 2.48 bits per heavy atom. The average molecular weight is 396 g/mol. The number of halogens is 2. The first-order valence-corrected chi connectivity index (χ1v) is 8.98. The molecule has 0 unspecified atom stereocenters. The Morgan fingerprint density at radius 1 is 1.04 bits per heavy atom. The van der Waals surface area contributed by atoms with Crippen LogP contribution in [-0.2, 0) is 6.54 Å². The summed E-state index contributed by atoms with van der Waals surface area (Å²) in [6.07, 6.45) is 0. The van der Waals surface area contributed by atoms with Crippen molar-refractivity contribution in [2.45, 2.75) is 6.54 Å². The number of amides is 1. The van der Waals surface area contributed by atoms with E-state index in [2.05, 4.69) is 5.32 Å². The van der Waals surface area contributed by atoms with Crippen LogP contribution < -0.4 is 14.8 Å². The molecule has 7 heteroatoms. The first-order valence-electron chi connectivity index (χ1n) is 7.41. The summed E-state index contributed by atoms with van der Waals surface area (Å²) in [6, 6.07) is 11.0. The zero-order chi connectivity index (χ0) is 18.0. The van der Waals surface area contributed by atoms with E-state index in [-0.39, 0.29) is 5.91 Å². The molecule has 3 rings (SSSR count). The van der Waals surface area contributed by atoms with Crippen LogP contribution in [0.5, 0.6) is 11.5 Å². The van der Waals surface area contributed by atoms with Crippen LogP contribution in [0.15, 0.2) is 36.4 Å². The van der Waals surface area contributed by atoms with Gasteiger partial charge in [-0.05, 0) is 18.2 Å². The van der Waals surface area contributed by atoms with Gasteiger partial charge in [-0.1, -0.05) is 41.4 Å². The number of thiophene rings is 1. The third kappa shape index (κ3) is 3.40. The zero-order valence-corrected chi connectivity index (χ0v) is 15.9. The molecule has 0 aliphatic carbocycles. The summed E-state index contributed by atoms with van der Waals surface area (Å²) in [4.78, 5) is 13.0. The number of carbonyl (C=O) groups excluding carboxylic acids is 1. The van der Waals surface area contributed by atoms with E-state index in [1.54, 1.807) is 26.4 Å². The van der Waals surface area contributed by atoms with E-state index in [1.165, 1.54) is 11.3 Å². The fourth-order valence-electron chi connectivity index (χ4n) is 2.49. The zero-order valence-electron chi connectivity index (χ0n) is 13.6. The molecular formula is C18H15Cl2NO3S. The summed E-state index contributed by atoms with van der Waals surface area (Å²) in [7, 11) is 3.14. The van der Waals surface area contributed by atoms with Crippen molar-refractivity contribution in [3.63, 3.8) is 0 Å². The second-order valence-corrected chi connectivity index (χ2v) is 6.97. The van der Waals surface area contributed by atoms with Gasteiger partial charge in [-0.2, -0.15) is 0 Å². The lowest BCUT2D eigenvalue weighted by molar-refractivity contribution is 0.0955. The first-order chi connectivity index (χ1) is 12.1. The van der Waals surface area contributed by atoms with Gasteiger partial charge < -0.3 is 14.8 Å². The van der Waals surface area contributed by atoms with Gasteiger partial charge >= 0.3 is 0 Å². The minimum atomic E-state index is -0.257. The highest BCUT2D eigenvalue weighted by molar-refractivity contribution is 7.22. The molecule has 0 bridgehead atoms. The van der Waals surface area contributed by atoms with Crippen LogP contribution in [0.2, 0.25) is 10.0 Å². The quantitative estimate of drug-likeness (QED) is 0.649. The predicted octanol–water partition coefficient (Wildman–Crippen LogP) is 5.16. The van der Waals surface area contributed by atoms with Gasteiger partial charge in [-0.25, -0.2) is 0 Å². The van der Waals surface area contributed by atoms with Crippen molar-refractivity contribution in [3.8, 4) is 11.5 Å². The molecule has 0 aliphatic heterocycles. The number of para-hydroxylation sites is 1. The van der Waals surface area contributed by atoms with E-state index in [0.717, 1.165) is 21.4 Å². The van der Waals surface area contributed by atoms with Crippen molar-refractivity contribution in [3.05, 3.63) is 56.9 Å². The first kappa shape index (κ1) is 17.9. The molecule has 2 aromatic carbocycles. The minimum absolute atomic E-state index is 0.257. The summed E-state index contributed by atoms with van der Waals surface area (Å²) >= 11 is 14.0. The normalized spacial score (nSPS) is 10.7. The van der Waals surface area contributed by atoms with Crippen LogP contribution >= 0.6 is 34.5 Å². The SMILES string of the molecule is COc1ccccc1CNC(=O)c1sc2c(Cl)c(OC)ccc2c1Cl. The highest BCUT2D eigenvalue weighted by atomic mass is 35.5. The highest BCUT2D eigenvalue weighted by Crippen LogP contribution is 2.42. The lowest BCUT2D eigenvalue weighted by atomic mass is 10.2. The molecule has 0 aliphatic rings. The molecule has 0 atom stereocenters. The summed E-state index contributed by atoms with van der Waals surface area (Å²) in [5.41, 5.74) is 0.885. The summed E-state index contributed by atoms with van der Waals surface area (Å²) in [6.45, 7) is 0.338. The van der Waals surface area contributed by atoms with Gasteiger partial charge in [-0.15, -0.1) is 11.3 Å². The lowest BCUT2D eigenvalue weighted by Crippen LogP contribution is -2.22. The Hall–Kier alpha value is -1.95. The van der Waals surface area contributed by atoms with Crippen molar-refractivity contribution in [1.29, 1.82) is 0 Å². The van der Waals surface area contributed by atoms with E-state index in [0.29, 0.717) is 27.2 Å². The van der Waals surface area contributed by atoms with E-state index >= 15 is 0 Å². The van der Waals surface area contributed by atoms with E-state index < -0.39 is 0 Å². The lowest BCUT2D eigenvalue weighted by Gasteiger charge is -2.09. The molecule has 1 aromatic heterocycles. The number of nitrogens with one attached hydrogen (secondary N) is 1. The van der Waals surface area contributed by atoms with Gasteiger partial charge in [-0.3, -0.25) is 4.79 Å². The number of hydrogen-bond acceptors (Lipinski definition) is 4.